The van der Waals surface area contributed by atoms with Crippen LogP contribution in [0.25, 0.3) is 0 Å². The van der Waals surface area contributed by atoms with Crippen LogP contribution >= 0.6 is 0 Å². The van der Waals surface area contributed by atoms with Gasteiger partial charge in [-0.3, -0.25) is 0 Å². The fraction of sp³-hybridized carbons (Fsp3) is 0.435. The Hall–Kier alpha value is -2.33. The zero-order valence-corrected chi connectivity index (χ0v) is 16.1. The Bertz CT molecular complexity index is 823. The van der Waals surface area contributed by atoms with Crippen LogP contribution < -0.4 is 0 Å². The fourth-order valence-electron chi connectivity index (χ4n) is 4.82. The molecule has 5 atom stereocenters. The third-order valence-electron chi connectivity index (χ3n) is 6.55. The quantitative estimate of drug-likeness (QED) is 0.562. The number of ether oxygens (including phenoxy) is 2. The smallest absolute Gasteiger partial charge is 0.338 e. The van der Waals surface area contributed by atoms with Crippen LogP contribution in [-0.4, -0.2) is 19.2 Å². The van der Waals surface area contributed by atoms with E-state index in [2.05, 4.69) is 26.8 Å². The van der Waals surface area contributed by atoms with E-state index in [4.69, 9.17) is 13.9 Å². The lowest BCUT2D eigenvalue weighted by molar-refractivity contribution is -0.170. The summed E-state index contributed by atoms with van der Waals surface area (Å²) >= 11 is 0. The van der Waals surface area contributed by atoms with Crippen LogP contribution in [0.4, 0.5) is 0 Å². The van der Waals surface area contributed by atoms with Crippen molar-refractivity contribution in [2.75, 3.05) is 13.2 Å². The first-order valence-corrected chi connectivity index (χ1v) is 9.58. The molecule has 3 unspecified atom stereocenters. The van der Waals surface area contributed by atoms with Gasteiger partial charge in [-0.1, -0.05) is 43.7 Å². The average molecular weight is 366 g/mol. The molecular formula is C23H26O4. The van der Waals surface area contributed by atoms with E-state index in [0.29, 0.717) is 24.7 Å². The molecule has 2 aliphatic rings. The molecule has 4 heteroatoms. The number of rotatable bonds is 4. The molecule has 0 spiro atoms. The number of hydrogen-bond donors (Lipinski definition) is 0. The van der Waals surface area contributed by atoms with Gasteiger partial charge in [-0.05, 0) is 43.0 Å². The van der Waals surface area contributed by atoms with Gasteiger partial charge in [0.05, 0.1) is 18.4 Å². The number of fused-ring (bicyclic) bond motifs is 2. The minimum atomic E-state index is -0.277. The number of benzene rings is 1. The van der Waals surface area contributed by atoms with E-state index < -0.39 is 0 Å². The molecule has 0 saturated carbocycles. The molecule has 4 rings (SSSR count). The number of carbonyl (C=O) groups excluding carboxylic acids is 1. The van der Waals surface area contributed by atoms with Crippen LogP contribution in [0.3, 0.4) is 0 Å². The minimum absolute atomic E-state index is 0.0864. The third kappa shape index (κ3) is 3.02. The lowest BCUT2D eigenvalue weighted by atomic mass is 9.56. The highest BCUT2D eigenvalue weighted by molar-refractivity contribution is 5.89. The van der Waals surface area contributed by atoms with Crippen molar-refractivity contribution >= 4 is 5.97 Å². The number of allylic oxidation sites excluding steroid dienone is 1. The zero-order chi connectivity index (χ0) is 19.0. The normalized spacial score (nSPS) is 32.6. The second-order valence-corrected chi connectivity index (χ2v) is 7.94. The third-order valence-corrected chi connectivity index (χ3v) is 6.55. The van der Waals surface area contributed by atoms with Crippen molar-refractivity contribution in [3.05, 3.63) is 71.7 Å². The molecule has 1 fully saturated rings. The summed E-state index contributed by atoms with van der Waals surface area (Å²) in [4.78, 5) is 12.5. The number of esters is 1. The molecule has 2 heterocycles. The van der Waals surface area contributed by atoms with Crippen LogP contribution in [-0.2, 0) is 9.47 Å². The van der Waals surface area contributed by atoms with Crippen molar-refractivity contribution in [2.24, 2.45) is 23.2 Å². The first-order chi connectivity index (χ1) is 13.0. The summed E-state index contributed by atoms with van der Waals surface area (Å²) in [5.41, 5.74) is 1.68. The van der Waals surface area contributed by atoms with E-state index in [1.54, 1.807) is 18.4 Å². The molecule has 4 nitrogen and oxygen atoms in total. The number of hydrogen-bond acceptors (Lipinski definition) is 4. The van der Waals surface area contributed by atoms with E-state index in [0.717, 1.165) is 5.76 Å². The van der Waals surface area contributed by atoms with E-state index in [9.17, 15) is 4.79 Å². The Morgan fingerprint density at radius 2 is 1.96 bits per heavy atom. The van der Waals surface area contributed by atoms with E-state index in [-0.39, 0.29) is 29.3 Å². The van der Waals surface area contributed by atoms with Gasteiger partial charge in [-0.2, -0.15) is 0 Å². The zero-order valence-electron chi connectivity index (χ0n) is 16.1. The summed E-state index contributed by atoms with van der Waals surface area (Å²) in [6, 6.07) is 13.0. The van der Waals surface area contributed by atoms with Gasteiger partial charge in [-0.25, -0.2) is 4.79 Å². The Morgan fingerprint density at radius 3 is 2.67 bits per heavy atom. The van der Waals surface area contributed by atoms with E-state index in [1.807, 2.05) is 30.3 Å². The van der Waals surface area contributed by atoms with Gasteiger partial charge in [0.25, 0.3) is 0 Å². The maximum absolute atomic E-state index is 12.5. The summed E-state index contributed by atoms with van der Waals surface area (Å²) in [5, 5.41) is 0. The van der Waals surface area contributed by atoms with E-state index >= 15 is 0 Å². The van der Waals surface area contributed by atoms with Crippen LogP contribution in [0.5, 0.6) is 0 Å². The maximum atomic E-state index is 12.5. The van der Waals surface area contributed by atoms with E-state index in [1.165, 1.54) is 5.57 Å². The number of carbonyl (C=O) groups is 1. The molecular weight excluding hydrogens is 340 g/mol. The molecule has 27 heavy (non-hydrogen) atoms. The molecule has 2 aromatic rings. The predicted octanol–water partition coefficient (Wildman–Crippen LogP) is 5.04. The summed E-state index contributed by atoms with van der Waals surface area (Å²) < 4.78 is 17.7. The lowest BCUT2D eigenvalue weighted by Gasteiger charge is -2.54. The van der Waals surface area contributed by atoms with Gasteiger partial charge in [0, 0.05) is 11.3 Å². The molecule has 1 aromatic carbocycles. The van der Waals surface area contributed by atoms with Crippen LogP contribution in [0.15, 0.2) is 64.8 Å². The molecule has 1 saturated heterocycles. The van der Waals surface area contributed by atoms with Crippen LogP contribution in [0.1, 0.15) is 43.0 Å². The second kappa shape index (κ2) is 7.01. The van der Waals surface area contributed by atoms with Crippen LogP contribution in [0, 0.1) is 23.2 Å². The van der Waals surface area contributed by atoms with Gasteiger partial charge < -0.3 is 13.9 Å². The largest absolute Gasteiger partial charge is 0.467 e. The lowest BCUT2D eigenvalue weighted by Crippen LogP contribution is -2.54. The summed E-state index contributed by atoms with van der Waals surface area (Å²) in [6.07, 6.45) is 3.92. The van der Waals surface area contributed by atoms with Crippen LogP contribution in [0.2, 0.25) is 0 Å². The first kappa shape index (κ1) is 18.1. The van der Waals surface area contributed by atoms with Gasteiger partial charge in [0.1, 0.15) is 18.5 Å². The van der Waals surface area contributed by atoms with Gasteiger partial charge >= 0.3 is 5.97 Å². The summed E-state index contributed by atoms with van der Waals surface area (Å²) in [6.45, 7) is 7.52. The Balaban J connectivity index is 1.58. The summed E-state index contributed by atoms with van der Waals surface area (Å²) in [5.74, 6) is 1.38. The highest BCUT2D eigenvalue weighted by atomic mass is 16.5. The molecule has 1 aliphatic heterocycles. The monoisotopic (exact) mass is 366 g/mol. The SMILES string of the molecule is CC1=CC(C)[C@]2(COC(=O)c3ccccc3)COC(c3ccco3)[C@@H]1C2C. The maximum Gasteiger partial charge on any atom is 0.338 e. The topological polar surface area (TPSA) is 48.7 Å². The van der Waals surface area contributed by atoms with Crippen molar-refractivity contribution in [3.63, 3.8) is 0 Å². The predicted molar refractivity (Wildman–Crippen MR) is 102 cm³/mol. The standard InChI is InChI=1S/C23H26O4/c1-15-12-16(2)23(14-27-22(24)18-8-5-4-6-9-18)13-26-21(20(15)17(23)3)19-10-7-11-25-19/h4-12,16-17,20-21H,13-14H2,1-3H3/t16?,17?,20-,21?,23+/m0/s1. The molecule has 1 aliphatic carbocycles. The molecule has 0 N–H and O–H groups in total. The van der Waals surface area contributed by atoms with Gasteiger partial charge in [0.15, 0.2) is 0 Å². The van der Waals surface area contributed by atoms with Crippen molar-refractivity contribution in [3.8, 4) is 0 Å². The van der Waals surface area contributed by atoms with Gasteiger partial charge in [-0.15, -0.1) is 0 Å². The molecule has 142 valence electrons. The molecule has 0 radical (unpaired) electrons. The van der Waals surface area contributed by atoms with Gasteiger partial charge in [0.2, 0.25) is 0 Å². The number of furan rings is 1. The molecule has 1 aromatic heterocycles. The first-order valence-electron chi connectivity index (χ1n) is 9.58. The Labute approximate surface area is 160 Å². The average Bonchev–Trinajstić information content (AvgIpc) is 3.20. The van der Waals surface area contributed by atoms with Crippen molar-refractivity contribution in [1.29, 1.82) is 0 Å². The fourth-order valence-corrected chi connectivity index (χ4v) is 4.82. The highest BCUT2D eigenvalue weighted by Gasteiger charge is 2.55. The minimum Gasteiger partial charge on any atom is -0.467 e. The Kier molecular flexibility index (Phi) is 4.68. The second-order valence-electron chi connectivity index (χ2n) is 7.94. The Morgan fingerprint density at radius 1 is 1.19 bits per heavy atom. The van der Waals surface area contributed by atoms with Crippen molar-refractivity contribution < 1.29 is 18.7 Å². The highest BCUT2D eigenvalue weighted by Crippen LogP contribution is 2.56. The molecule has 0 amide bonds. The summed E-state index contributed by atoms with van der Waals surface area (Å²) in [7, 11) is 0. The van der Waals surface area contributed by atoms with Crippen molar-refractivity contribution in [2.45, 2.75) is 26.9 Å². The van der Waals surface area contributed by atoms with Crippen molar-refractivity contribution in [1.82, 2.24) is 0 Å². The molecule has 2 bridgehead atoms.